The van der Waals surface area contributed by atoms with Crippen molar-refractivity contribution in [3.63, 3.8) is 0 Å². The molecule has 2 aromatic carbocycles. The first-order valence-corrected chi connectivity index (χ1v) is 5.77. The zero-order valence-corrected chi connectivity index (χ0v) is 12.9. The second-order valence-corrected chi connectivity index (χ2v) is 4.04. The van der Waals surface area contributed by atoms with Crippen LogP contribution in [-0.2, 0) is 0 Å². The van der Waals surface area contributed by atoms with Gasteiger partial charge in [-0.15, -0.1) is 5.10 Å². The van der Waals surface area contributed by atoms with Crippen molar-refractivity contribution in [3.05, 3.63) is 54.1 Å². The SMILES string of the molecule is O=Cc1ccc(-c2ccccc2-c2nnn[nH]2)cc1.[Na]. The second-order valence-electron chi connectivity index (χ2n) is 4.04. The minimum atomic E-state index is 0. The number of nitrogens with zero attached hydrogens (tertiary/aromatic N) is 3. The molecular formula is C14H10N4NaO. The van der Waals surface area contributed by atoms with Gasteiger partial charge in [-0.3, -0.25) is 4.79 Å². The Balaban J connectivity index is 0.00000147. The Hall–Kier alpha value is -1.82. The summed E-state index contributed by atoms with van der Waals surface area (Å²) in [5.74, 6) is 0.620. The number of aldehydes is 1. The third kappa shape index (κ3) is 2.85. The van der Waals surface area contributed by atoms with Crippen LogP contribution in [0.1, 0.15) is 10.4 Å². The number of hydrogen-bond donors (Lipinski definition) is 1. The molecule has 1 heterocycles. The van der Waals surface area contributed by atoms with Crippen LogP contribution < -0.4 is 0 Å². The molecule has 5 nitrogen and oxygen atoms in total. The van der Waals surface area contributed by atoms with E-state index in [1.54, 1.807) is 12.1 Å². The predicted molar refractivity (Wildman–Crippen MR) is 76.2 cm³/mol. The van der Waals surface area contributed by atoms with Crippen LogP contribution in [0.4, 0.5) is 0 Å². The molecular weight excluding hydrogens is 263 g/mol. The van der Waals surface area contributed by atoms with Crippen molar-refractivity contribution in [1.82, 2.24) is 20.6 Å². The maximum absolute atomic E-state index is 10.7. The van der Waals surface area contributed by atoms with Crippen molar-refractivity contribution in [2.24, 2.45) is 0 Å². The first-order valence-electron chi connectivity index (χ1n) is 5.77. The molecule has 1 aromatic heterocycles. The Morgan fingerprint density at radius 1 is 0.950 bits per heavy atom. The third-order valence-electron chi connectivity index (χ3n) is 2.89. The second kappa shape index (κ2) is 6.56. The number of aromatic amines is 1. The average Bonchev–Trinajstić information content (AvgIpc) is 3.01. The van der Waals surface area contributed by atoms with Crippen LogP contribution in [0.15, 0.2) is 48.5 Å². The van der Waals surface area contributed by atoms with Gasteiger partial charge < -0.3 is 0 Å². The van der Waals surface area contributed by atoms with E-state index < -0.39 is 0 Å². The Morgan fingerprint density at radius 2 is 1.65 bits per heavy atom. The molecule has 3 aromatic rings. The fraction of sp³-hybridized carbons (Fsp3) is 0. The average molecular weight is 273 g/mol. The normalized spacial score (nSPS) is 9.80. The fourth-order valence-corrected chi connectivity index (χ4v) is 1.96. The maximum atomic E-state index is 10.7. The largest absolute Gasteiger partial charge is 0.298 e. The van der Waals surface area contributed by atoms with Crippen LogP contribution in [0.5, 0.6) is 0 Å². The quantitative estimate of drug-likeness (QED) is 0.585. The van der Waals surface area contributed by atoms with E-state index in [4.69, 9.17) is 0 Å². The van der Waals surface area contributed by atoms with E-state index in [0.29, 0.717) is 11.4 Å². The Bertz CT molecular complexity index is 695. The number of benzene rings is 2. The van der Waals surface area contributed by atoms with Crippen LogP contribution in [-0.4, -0.2) is 56.5 Å². The van der Waals surface area contributed by atoms with Gasteiger partial charge in [0.2, 0.25) is 0 Å². The number of tetrazole rings is 1. The van der Waals surface area contributed by atoms with Crippen molar-refractivity contribution < 1.29 is 4.79 Å². The summed E-state index contributed by atoms with van der Waals surface area (Å²) in [4.78, 5) is 10.7. The molecule has 0 atom stereocenters. The number of hydrogen-bond acceptors (Lipinski definition) is 4. The number of H-pyrrole nitrogens is 1. The summed E-state index contributed by atoms with van der Waals surface area (Å²) in [7, 11) is 0. The van der Waals surface area contributed by atoms with E-state index in [1.165, 1.54) is 0 Å². The molecule has 0 spiro atoms. The summed E-state index contributed by atoms with van der Waals surface area (Å²) in [6.07, 6.45) is 0.829. The van der Waals surface area contributed by atoms with Crippen LogP contribution in [0.25, 0.3) is 22.5 Å². The van der Waals surface area contributed by atoms with Gasteiger partial charge in [0.25, 0.3) is 0 Å². The van der Waals surface area contributed by atoms with Crippen molar-refractivity contribution in [2.45, 2.75) is 0 Å². The summed E-state index contributed by atoms with van der Waals surface area (Å²) in [6, 6.07) is 15.2. The molecule has 6 heteroatoms. The van der Waals surface area contributed by atoms with E-state index in [9.17, 15) is 4.79 Å². The molecule has 0 aliphatic rings. The van der Waals surface area contributed by atoms with Gasteiger partial charge in [-0.25, -0.2) is 5.10 Å². The fourth-order valence-electron chi connectivity index (χ4n) is 1.96. The van der Waals surface area contributed by atoms with Crippen LogP contribution in [0, 0.1) is 0 Å². The molecule has 0 aliphatic heterocycles. The number of carbonyl (C=O) groups excluding carboxylic acids is 1. The molecule has 93 valence electrons. The Labute approximate surface area is 137 Å². The summed E-state index contributed by atoms with van der Waals surface area (Å²) < 4.78 is 0. The van der Waals surface area contributed by atoms with Crippen LogP contribution in [0.3, 0.4) is 0 Å². The molecule has 1 N–H and O–H groups in total. The predicted octanol–water partition coefficient (Wildman–Crippen LogP) is 1.97. The minimum Gasteiger partial charge on any atom is -0.298 e. The zero-order chi connectivity index (χ0) is 13.1. The molecule has 0 bridgehead atoms. The molecule has 20 heavy (non-hydrogen) atoms. The van der Waals surface area contributed by atoms with Crippen molar-refractivity contribution in [1.29, 1.82) is 0 Å². The molecule has 0 amide bonds. The van der Waals surface area contributed by atoms with Crippen molar-refractivity contribution in [2.75, 3.05) is 0 Å². The first-order chi connectivity index (χ1) is 9.38. The Kier molecular flexibility index (Phi) is 4.79. The number of nitrogens with one attached hydrogen (secondary N) is 1. The van der Waals surface area contributed by atoms with Gasteiger partial charge >= 0.3 is 0 Å². The standard InChI is InChI=1S/C14H10N4O.Na/c19-9-10-5-7-11(8-6-10)12-3-1-2-4-13(12)14-15-17-18-16-14;/h1-9H,(H,15,16,17,18);. The van der Waals surface area contributed by atoms with Crippen LogP contribution in [0.2, 0.25) is 0 Å². The van der Waals surface area contributed by atoms with Gasteiger partial charge in [0.05, 0.1) is 0 Å². The maximum Gasteiger partial charge on any atom is 0.180 e. The van der Waals surface area contributed by atoms with Crippen molar-refractivity contribution >= 4 is 35.8 Å². The number of rotatable bonds is 3. The van der Waals surface area contributed by atoms with E-state index in [0.717, 1.165) is 23.0 Å². The number of carbonyl (C=O) groups is 1. The van der Waals surface area contributed by atoms with Crippen molar-refractivity contribution in [3.8, 4) is 22.5 Å². The Morgan fingerprint density at radius 3 is 2.25 bits per heavy atom. The zero-order valence-electron chi connectivity index (χ0n) is 10.9. The minimum absolute atomic E-state index is 0. The van der Waals surface area contributed by atoms with E-state index in [2.05, 4.69) is 20.6 Å². The third-order valence-corrected chi connectivity index (χ3v) is 2.89. The molecule has 0 aliphatic carbocycles. The van der Waals surface area contributed by atoms with E-state index >= 15 is 0 Å². The van der Waals surface area contributed by atoms with Gasteiger partial charge in [0.15, 0.2) is 5.82 Å². The first kappa shape index (κ1) is 14.6. The van der Waals surface area contributed by atoms with Gasteiger partial charge in [-0.2, -0.15) is 0 Å². The topological polar surface area (TPSA) is 71.5 Å². The van der Waals surface area contributed by atoms with Gasteiger partial charge in [0, 0.05) is 40.7 Å². The van der Waals surface area contributed by atoms with Crippen LogP contribution >= 0.6 is 0 Å². The van der Waals surface area contributed by atoms with E-state index in [-0.39, 0.29) is 29.6 Å². The molecule has 0 saturated heterocycles. The molecule has 1 radical (unpaired) electrons. The van der Waals surface area contributed by atoms with Gasteiger partial charge in [-0.1, -0.05) is 48.5 Å². The summed E-state index contributed by atoms with van der Waals surface area (Å²) in [5, 5.41) is 13.9. The van der Waals surface area contributed by atoms with Gasteiger partial charge in [0.1, 0.15) is 6.29 Å². The molecule has 0 saturated carbocycles. The monoisotopic (exact) mass is 273 g/mol. The van der Waals surface area contributed by atoms with E-state index in [1.807, 2.05) is 36.4 Å². The molecule has 3 rings (SSSR count). The van der Waals surface area contributed by atoms with Gasteiger partial charge in [-0.05, 0) is 21.6 Å². The smallest absolute Gasteiger partial charge is 0.180 e. The summed E-state index contributed by atoms with van der Waals surface area (Å²) in [5.41, 5.74) is 3.60. The molecule has 0 unspecified atom stereocenters. The summed E-state index contributed by atoms with van der Waals surface area (Å²) >= 11 is 0. The molecule has 0 fully saturated rings. The number of aromatic nitrogens is 4. The summed E-state index contributed by atoms with van der Waals surface area (Å²) in [6.45, 7) is 0.